The van der Waals surface area contributed by atoms with Crippen LogP contribution in [0.3, 0.4) is 0 Å². The quantitative estimate of drug-likeness (QED) is 0.0671. The molecule has 6 aromatic carbocycles. The molecule has 2 amide bonds. The van der Waals surface area contributed by atoms with Crippen LogP contribution in [-0.4, -0.2) is 73.0 Å². The third-order valence-corrected chi connectivity index (χ3v) is 11.4. The molecule has 12 heteroatoms. The van der Waals surface area contributed by atoms with Crippen LogP contribution in [0.5, 0.6) is 0 Å². The van der Waals surface area contributed by atoms with Crippen molar-refractivity contribution in [3.05, 3.63) is 215 Å². The molecule has 0 aliphatic carbocycles. The zero-order chi connectivity index (χ0) is 48.4. The van der Waals surface area contributed by atoms with Crippen molar-refractivity contribution in [2.75, 3.05) is 6.61 Å². The number of rotatable bonds is 21. The molecule has 1 aliphatic rings. The lowest BCUT2D eigenvalue weighted by atomic mass is 9.82. The van der Waals surface area contributed by atoms with Crippen LogP contribution in [0.25, 0.3) is 0 Å². The van der Waals surface area contributed by atoms with Gasteiger partial charge in [0, 0.05) is 12.8 Å². The SMILES string of the molecule is CC(=O)O[C@@H](C(=O)N[C@@H]1O[C@H](COCc2ccccc2)[C@@H](OCc2ccccc2)[C@H](OCc2ccccc2)[C@H]1OCc1ccccc1)[C@@H](NC(=O)OC(C)(C)C)C(c1ccccc1)c1ccccc1. The maximum atomic E-state index is 15.4. The Morgan fingerprint density at radius 3 is 1.39 bits per heavy atom. The molecule has 0 saturated carbocycles. The van der Waals surface area contributed by atoms with Crippen molar-refractivity contribution in [3.63, 3.8) is 0 Å². The first-order chi connectivity index (χ1) is 33.5. The van der Waals surface area contributed by atoms with Crippen molar-refractivity contribution in [1.82, 2.24) is 10.6 Å². The van der Waals surface area contributed by atoms with E-state index in [1.807, 2.05) is 182 Å². The van der Waals surface area contributed by atoms with E-state index in [0.29, 0.717) is 0 Å². The summed E-state index contributed by atoms with van der Waals surface area (Å²) in [6, 6.07) is 56.6. The van der Waals surface area contributed by atoms with Gasteiger partial charge in [0.2, 0.25) is 6.10 Å². The van der Waals surface area contributed by atoms with Crippen LogP contribution in [0.1, 0.15) is 67.0 Å². The Labute approximate surface area is 405 Å². The van der Waals surface area contributed by atoms with Crippen LogP contribution in [0.2, 0.25) is 0 Å². The van der Waals surface area contributed by atoms with Gasteiger partial charge >= 0.3 is 12.1 Å². The van der Waals surface area contributed by atoms with Gasteiger partial charge < -0.3 is 43.8 Å². The minimum Gasteiger partial charge on any atom is -0.450 e. The Hall–Kier alpha value is -6.67. The topological polar surface area (TPSA) is 140 Å². The van der Waals surface area contributed by atoms with Gasteiger partial charge in [-0.3, -0.25) is 9.59 Å². The maximum absolute atomic E-state index is 15.4. The lowest BCUT2D eigenvalue weighted by molar-refractivity contribution is -0.277. The largest absolute Gasteiger partial charge is 0.450 e. The van der Waals surface area contributed by atoms with Crippen molar-refractivity contribution in [1.29, 1.82) is 0 Å². The molecule has 12 nitrogen and oxygen atoms in total. The molecule has 1 heterocycles. The highest BCUT2D eigenvalue weighted by molar-refractivity contribution is 5.85. The molecule has 360 valence electrons. The Balaban J connectivity index is 1.30. The molecule has 1 aliphatic heterocycles. The number of alkyl carbamates (subject to hydrolysis) is 1. The second-order valence-electron chi connectivity index (χ2n) is 17.9. The minimum absolute atomic E-state index is 0.0393. The van der Waals surface area contributed by atoms with Crippen molar-refractivity contribution < 1.29 is 47.5 Å². The van der Waals surface area contributed by atoms with Crippen molar-refractivity contribution in [2.45, 2.75) is 108 Å². The molecule has 0 aromatic heterocycles. The molecule has 0 spiro atoms. The number of esters is 1. The summed E-state index contributed by atoms with van der Waals surface area (Å²) in [7, 11) is 0. The van der Waals surface area contributed by atoms with Gasteiger partial charge in [-0.05, 0) is 54.2 Å². The van der Waals surface area contributed by atoms with Gasteiger partial charge in [-0.15, -0.1) is 0 Å². The lowest BCUT2D eigenvalue weighted by Crippen LogP contribution is -2.67. The molecule has 1 fully saturated rings. The summed E-state index contributed by atoms with van der Waals surface area (Å²) in [5, 5.41) is 6.04. The fourth-order valence-corrected chi connectivity index (χ4v) is 8.30. The fraction of sp³-hybridized carbons (Fsp3) is 0.316. The summed E-state index contributed by atoms with van der Waals surface area (Å²) in [5.74, 6) is -2.24. The van der Waals surface area contributed by atoms with Gasteiger partial charge in [-0.1, -0.05) is 182 Å². The van der Waals surface area contributed by atoms with Gasteiger partial charge in [0.05, 0.1) is 39.1 Å². The number of hydrogen-bond donors (Lipinski definition) is 2. The molecule has 7 atom stereocenters. The second-order valence-corrected chi connectivity index (χ2v) is 17.9. The number of amides is 2. The first kappa shape index (κ1) is 50.2. The highest BCUT2D eigenvalue weighted by atomic mass is 16.6. The number of carbonyl (C=O) groups excluding carboxylic acids is 3. The molecular formula is C57H62N2O10. The minimum atomic E-state index is -1.64. The summed E-state index contributed by atoms with van der Waals surface area (Å²) in [4.78, 5) is 42.5. The highest BCUT2D eigenvalue weighted by Crippen LogP contribution is 2.34. The van der Waals surface area contributed by atoms with E-state index >= 15 is 4.79 Å². The van der Waals surface area contributed by atoms with E-state index in [0.717, 1.165) is 33.4 Å². The third kappa shape index (κ3) is 15.2. The summed E-state index contributed by atoms with van der Waals surface area (Å²) in [5.41, 5.74) is 4.26. The Morgan fingerprint density at radius 1 is 0.551 bits per heavy atom. The normalized spacial score (nSPS) is 18.9. The Morgan fingerprint density at radius 2 is 0.957 bits per heavy atom. The smallest absolute Gasteiger partial charge is 0.408 e. The molecule has 1 saturated heterocycles. The van der Waals surface area contributed by atoms with Crippen LogP contribution < -0.4 is 10.6 Å². The van der Waals surface area contributed by atoms with E-state index < -0.39 is 72.3 Å². The van der Waals surface area contributed by atoms with E-state index in [9.17, 15) is 9.59 Å². The average molecular weight is 935 g/mol. The monoisotopic (exact) mass is 934 g/mol. The van der Waals surface area contributed by atoms with Crippen molar-refractivity contribution in [3.8, 4) is 0 Å². The number of carbonyl (C=O) groups is 3. The van der Waals surface area contributed by atoms with Gasteiger partial charge in [0.15, 0.2) is 6.23 Å². The molecule has 0 bridgehead atoms. The zero-order valence-corrected chi connectivity index (χ0v) is 39.6. The second kappa shape index (κ2) is 25.1. The van der Waals surface area contributed by atoms with E-state index in [4.69, 9.17) is 33.2 Å². The summed E-state index contributed by atoms with van der Waals surface area (Å²) >= 11 is 0. The third-order valence-electron chi connectivity index (χ3n) is 11.4. The number of ether oxygens (including phenoxy) is 7. The van der Waals surface area contributed by atoms with Gasteiger partial charge in [0.25, 0.3) is 5.91 Å². The van der Waals surface area contributed by atoms with Gasteiger partial charge in [-0.2, -0.15) is 0 Å². The average Bonchev–Trinajstić information content (AvgIpc) is 3.35. The predicted octanol–water partition coefficient (Wildman–Crippen LogP) is 9.46. The van der Waals surface area contributed by atoms with Crippen molar-refractivity contribution in [2.24, 2.45) is 0 Å². The molecular weight excluding hydrogens is 873 g/mol. The van der Waals surface area contributed by atoms with Crippen LogP contribution in [0.4, 0.5) is 4.79 Å². The van der Waals surface area contributed by atoms with E-state index in [-0.39, 0.29) is 33.0 Å². The number of hydrogen-bond acceptors (Lipinski definition) is 10. The van der Waals surface area contributed by atoms with E-state index in [1.54, 1.807) is 20.8 Å². The van der Waals surface area contributed by atoms with E-state index in [2.05, 4.69) is 10.6 Å². The van der Waals surface area contributed by atoms with Gasteiger partial charge in [0.1, 0.15) is 30.0 Å². The number of nitrogens with one attached hydrogen (secondary N) is 2. The summed E-state index contributed by atoms with van der Waals surface area (Å²) < 4.78 is 45.7. The lowest BCUT2D eigenvalue weighted by Gasteiger charge is -2.46. The van der Waals surface area contributed by atoms with Crippen LogP contribution >= 0.6 is 0 Å². The summed E-state index contributed by atoms with van der Waals surface area (Å²) in [6.07, 6.45) is -7.19. The molecule has 6 aromatic rings. The van der Waals surface area contributed by atoms with Gasteiger partial charge in [-0.25, -0.2) is 4.79 Å². The fourth-order valence-electron chi connectivity index (χ4n) is 8.30. The maximum Gasteiger partial charge on any atom is 0.408 e. The molecule has 0 unspecified atom stereocenters. The predicted molar refractivity (Wildman–Crippen MR) is 261 cm³/mol. The Bertz CT molecular complexity index is 2420. The first-order valence-corrected chi connectivity index (χ1v) is 23.3. The molecule has 69 heavy (non-hydrogen) atoms. The Kier molecular flexibility index (Phi) is 18.3. The van der Waals surface area contributed by atoms with Crippen LogP contribution in [-0.2, 0) is 69.2 Å². The zero-order valence-electron chi connectivity index (χ0n) is 39.6. The van der Waals surface area contributed by atoms with Crippen LogP contribution in [0, 0.1) is 0 Å². The molecule has 7 rings (SSSR count). The highest BCUT2D eigenvalue weighted by Gasteiger charge is 2.50. The standard InChI is InChI=1S/C57H62N2O10/c1-40(60)67-51(49(58-56(62)69-57(2,3)4)48(45-31-19-9-20-32-45)46-33-21-10-22-34-46)54(61)59-55-53(66-38-44-29-17-8-18-30-44)52(65-37-43-27-15-7-16-28-43)50(64-36-42-25-13-6-14-26-42)47(68-55)39-63-35-41-23-11-5-12-24-41/h5-34,47-53,55H,35-39H2,1-4H3,(H,58,62)(H,59,61)/t47-,49+,50-,51-,52+,53-,55-/m1/s1. The van der Waals surface area contributed by atoms with Crippen molar-refractivity contribution >= 4 is 18.0 Å². The first-order valence-electron chi connectivity index (χ1n) is 23.3. The van der Waals surface area contributed by atoms with Crippen LogP contribution in [0.15, 0.2) is 182 Å². The molecule has 2 N–H and O–H groups in total. The van der Waals surface area contributed by atoms with E-state index in [1.165, 1.54) is 6.92 Å². The number of benzene rings is 6. The summed E-state index contributed by atoms with van der Waals surface area (Å²) in [6.45, 7) is 7.27. The molecule has 0 radical (unpaired) electrons.